The summed E-state index contributed by atoms with van der Waals surface area (Å²) in [6.45, 7) is 2.90. The average Bonchev–Trinajstić information content (AvgIpc) is 2.59. The molecule has 0 bridgehead atoms. The lowest BCUT2D eigenvalue weighted by molar-refractivity contribution is 0.415. The molecule has 118 valence electrons. The highest BCUT2D eigenvalue weighted by Crippen LogP contribution is 2.32. The quantitative estimate of drug-likeness (QED) is 0.806. The zero-order valence-corrected chi connectivity index (χ0v) is 13.4. The molecule has 0 aliphatic heterocycles. The molecular formula is C19H20N2O2. The SMILES string of the molecule is COc1ccc2c(=O)n(CCN)c(C)c(-c3ccccc3)c2c1. The molecule has 1 heterocycles. The molecule has 0 aliphatic rings. The number of aromatic nitrogens is 1. The lowest BCUT2D eigenvalue weighted by Gasteiger charge is -2.17. The van der Waals surface area contributed by atoms with E-state index in [2.05, 4.69) is 12.1 Å². The minimum atomic E-state index is -0.00900. The molecule has 0 saturated heterocycles. The Hall–Kier alpha value is -2.59. The van der Waals surface area contributed by atoms with Gasteiger partial charge in [-0.15, -0.1) is 0 Å². The molecule has 0 amide bonds. The first-order chi connectivity index (χ1) is 11.2. The van der Waals surface area contributed by atoms with Gasteiger partial charge in [0.05, 0.1) is 7.11 Å². The van der Waals surface area contributed by atoms with Gasteiger partial charge in [-0.3, -0.25) is 4.79 Å². The van der Waals surface area contributed by atoms with E-state index < -0.39 is 0 Å². The molecule has 3 rings (SSSR count). The summed E-state index contributed by atoms with van der Waals surface area (Å²) in [5.41, 5.74) is 8.74. The summed E-state index contributed by atoms with van der Waals surface area (Å²) in [6, 6.07) is 15.7. The van der Waals surface area contributed by atoms with Gasteiger partial charge in [-0.25, -0.2) is 0 Å². The molecule has 23 heavy (non-hydrogen) atoms. The highest BCUT2D eigenvalue weighted by molar-refractivity contribution is 5.98. The van der Waals surface area contributed by atoms with Crippen molar-refractivity contribution in [2.45, 2.75) is 13.5 Å². The molecule has 0 aliphatic carbocycles. The molecule has 3 aromatic rings. The Kier molecular flexibility index (Phi) is 4.17. The second kappa shape index (κ2) is 6.26. The van der Waals surface area contributed by atoms with E-state index >= 15 is 0 Å². The van der Waals surface area contributed by atoms with Gasteiger partial charge in [-0.05, 0) is 30.7 Å². The van der Waals surface area contributed by atoms with Crippen molar-refractivity contribution in [3.63, 3.8) is 0 Å². The van der Waals surface area contributed by atoms with Crippen LogP contribution in [0.4, 0.5) is 0 Å². The topological polar surface area (TPSA) is 57.2 Å². The molecule has 0 fully saturated rings. The van der Waals surface area contributed by atoms with Crippen molar-refractivity contribution in [2.75, 3.05) is 13.7 Å². The first-order valence-corrected chi connectivity index (χ1v) is 7.64. The Balaban J connectivity index is 2.45. The van der Waals surface area contributed by atoms with Crippen LogP contribution in [0, 0.1) is 6.92 Å². The maximum atomic E-state index is 12.8. The number of benzene rings is 2. The predicted molar refractivity (Wildman–Crippen MR) is 94.0 cm³/mol. The number of methoxy groups -OCH3 is 1. The van der Waals surface area contributed by atoms with Crippen molar-refractivity contribution in [3.8, 4) is 16.9 Å². The highest BCUT2D eigenvalue weighted by Gasteiger charge is 2.15. The smallest absolute Gasteiger partial charge is 0.258 e. The van der Waals surface area contributed by atoms with Crippen LogP contribution in [0.1, 0.15) is 5.69 Å². The second-order valence-corrected chi connectivity index (χ2v) is 5.48. The number of pyridine rings is 1. The van der Waals surface area contributed by atoms with E-state index in [1.54, 1.807) is 11.7 Å². The van der Waals surface area contributed by atoms with E-state index in [9.17, 15) is 4.79 Å². The summed E-state index contributed by atoms with van der Waals surface area (Å²) < 4.78 is 7.10. The molecule has 4 heteroatoms. The Morgan fingerprint density at radius 1 is 1.09 bits per heavy atom. The molecule has 0 saturated carbocycles. The number of fused-ring (bicyclic) bond motifs is 1. The van der Waals surface area contributed by atoms with Crippen LogP contribution in [0.2, 0.25) is 0 Å². The highest BCUT2D eigenvalue weighted by atomic mass is 16.5. The third-order valence-electron chi connectivity index (χ3n) is 4.15. The van der Waals surface area contributed by atoms with Crippen molar-refractivity contribution < 1.29 is 4.74 Å². The van der Waals surface area contributed by atoms with Gasteiger partial charge in [-0.1, -0.05) is 30.3 Å². The van der Waals surface area contributed by atoms with Crippen LogP contribution >= 0.6 is 0 Å². The van der Waals surface area contributed by atoms with Crippen LogP contribution in [0.15, 0.2) is 53.3 Å². The number of nitrogens with two attached hydrogens (primary N) is 1. The fourth-order valence-electron chi connectivity index (χ4n) is 3.04. The number of hydrogen-bond donors (Lipinski definition) is 1. The monoisotopic (exact) mass is 308 g/mol. The van der Waals surface area contributed by atoms with Crippen LogP contribution in [0.3, 0.4) is 0 Å². The molecule has 0 atom stereocenters. The second-order valence-electron chi connectivity index (χ2n) is 5.48. The third-order valence-corrected chi connectivity index (χ3v) is 4.15. The molecule has 2 N–H and O–H groups in total. The van der Waals surface area contributed by atoms with E-state index in [4.69, 9.17) is 10.5 Å². The fraction of sp³-hybridized carbons (Fsp3) is 0.211. The van der Waals surface area contributed by atoms with Crippen molar-refractivity contribution in [1.82, 2.24) is 4.57 Å². The van der Waals surface area contributed by atoms with Crippen LogP contribution in [0.5, 0.6) is 5.75 Å². The van der Waals surface area contributed by atoms with Crippen LogP contribution in [-0.4, -0.2) is 18.2 Å². The molecule has 2 aromatic carbocycles. The van der Waals surface area contributed by atoms with Gasteiger partial charge in [0, 0.05) is 35.1 Å². The molecule has 0 radical (unpaired) electrons. The third kappa shape index (κ3) is 2.62. The summed E-state index contributed by atoms with van der Waals surface area (Å²) in [5.74, 6) is 0.741. The first kappa shape index (κ1) is 15.3. The van der Waals surface area contributed by atoms with Gasteiger partial charge in [0.2, 0.25) is 0 Å². The minimum Gasteiger partial charge on any atom is -0.497 e. The number of ether oxygens (including phenoxy) is 1. The first-order valence-electron chi connectivity index (χ1n) is 7.64. The van der Waals surface area contributed by atoms with Crippen molar-refractivity contribution in [1.29, 1.82) is 0 Å². The van der Waals surface area contributed by atoms with Gasteiger partial charge in [0.25, 0.3) is 5.56 Å². The van der Waals surface area contributed by atoms with Gasteiger partial charge in [0.15, 0.2) is 0 Å². The Labute approximate surface area is 135 Å². The summed E-state index contributed by atoms with van der Waals surface area (Å²) in [6.07, 6.45) is 0. The fourth-order valence-corrected chi connectivity index (χ4v) is 3.04. The molecule has 4 nitrogen and oxygen atoms in total. The van der Waals surface area contributed by atoms with Crippen molar-refractivity contribution in [2.24, 2.45) is 5.73 Å². The normalized spacial score (nSPS) is 10.9. The van der Waals surface area contributed by atoms with Crippen LogP contribution < -0.4 is 16.0 Å². The maximum absolute atomic E-state index is 12.8. The lowest BCUT2D eigenvalue weighted by Crippen LogP contribution is -2.26. The molecule has 0 unspecified atom stereocenters. The number of nitrogens with zero attached hydrogens (tertiary/aromatic N) is 1. The maximum Gasteiger partial charge on any atom is 0.258 e. The van der Waals surface area contributed by atoms with Crippen molar-refractivity contribution in [3.05, 3.63) is 64.6 Å². The lowest BCUT2D eigenvalue weighted by atomic mass is 9.97. The van der Waals surface area contributed by atoms with E-state index in [1.165, 1.54) is 0 Å². The molecule has 1 aromatic heterocycles. The summed E-state index contributed by atoms with van der Waals surface area (Å²) >= 11 is 0. The molecule has 0 spiro atoms. The number of rotatable bonds is 4. The van der Waals surface area contributed by atoms with Gasteiger partial charge in [-0.2, -0.15) is 0 Å². The van der Waals surface area contributed by atoms with Crippen LogP contribution in [0.25, 0.3) is 21.9 Å². The van der Waals surface area contributed by atoms with Crippen LogP contribution in [-0.2, 0) is 6.54 Å². The largest absolute Gasteiger partial charge is 0.497 e. The van der Waals surface area contributed by atoms with E-state index in [1.807, 2.05) is 43.3 Å². The Morgan fingerprint density at radius 3 is 2.48 bits per heavy atom. The minimum absolute atomic E-state index is 0.00900. The van der Waals surface area contributed by atoms with Gasteiger partial charge in [0.1, 0.15) is 5.75 Å². The Bertz CT molecular complexity index is 899. The predicted octanol–water partition coefficient (Wildman–Crippen LogP) is 2.94. The van der Waals surface area contributed by atoms with Gasteiger partial charge >= 0.3 is 0 Å². The average molecular weight is 308 g/mol. The Morgan fingerprint density at radius 2 is 1.83 bits per heavy atom. The molecular weight excluding hydrogens is 288 g/mol. The zero-order chi connectivity index (χ0) is 16.4. The van der Waals surface area contributed by atoms with Crippen molar-refractivity contribution >= 4 is 10.8 Å². The number of hydrogen-bond acceptors (Lipinski definition) is 3. The summed E-state index contributed by atoms with van der Waals surface area (Å²) in [4.78, 5) is 12.8. The zero-order valence-electron chi connectivity index (χ0n) is 13.4. The van der Waals surface area contributed by atoms with E-state index in [0.717, 1.165) is 28.0 Å². The summed E-state index contributed by atoms with van der Waals surface area (Å²) in [7, 11) is 1.63. The summed E-state index contributed by atoms with van der Waals surface area (Å²) in [5, 5.41) is 1.59. The standard InChI is InChI=1S/C19H20N2O2/c1-13-18(14-6-4-3-5-7-14)17-12-15(23-2)8-9-16(17)19(22)21(13)11-10-20/h3-9,12H,10-11,20H2,1-2H3. The van der Waals surface area contributed by atoms with Gasteiger partial charge < -0.3 is 15.0 Å². The van der Waals surface area contributed by atoms with E-state index in [-0.39, 0.29) is 5.56 Å². The van der Waals surface area contributed by atoms with E-state index in [0.29, 0.717) is 18.5 Å².